The van der Waals surface area contributed by atoms with Crippen molar-refractivity contribution >= 4 is 28.5 Å². The Balaban J connectivity index is 1.66. The van der Waals surface area contributed by atoms with Crippen molar-refractivity contribution in [1.29, 1.82) is 0 Å². The fraction of sp³-hybridized carbons (Fsp3) is 0.391. The molecule has 0 fully saturated rings. The second-order valence-corrected chi connectivity index (χ2v) is 7.88. The maximum absolute atomic E-state index is 13.3. The summed E-state index contributed by atoms with van der Waals surface area (Å²) in [6.07, 6.45) is 5.94. The van der Waals surface area contributed by atoms with Crippen LogP contribution in [-0.2, 0) is 9.53 Å². The maximum atomic E-state index is 13.3. The Bertz CT molecular complexity index is 978. The SMILES string of the molecule is CCOC(=O)CCCCCCN(c1cc(-c2ccc(F)cc2)ccn1)c1nc(C)ns1. The molecule has 31 heavy (non-hydrogen) atoms. The van der Waals surface area contributed by atoms with Gasteiger partial charge >= 0.3 is 5.97 Å². The number of aromatic nitrogens is 3. The van der Waals surface area contributed by atoms with Gasteiger partial charge in [-0.1, -0.05) is 25.0 Å². The second-order valence-electron chi connectivity index (χ2n) is 7.15. The van der Waals surface area contributed by atoms with Crippen LogP contribution in [-0.4, -0.2) is 33.5 Å². The zero-order valence-electron chi connectivity index (χ0n) is 17.9. The van der Waals surface area contributed by atoms with E-state index in [1.165, 1.54) is 23.7 Å². The van der Waals surface area contributed by atoms with E-state index in [2.05, 4.69) is 19.2 Å². The fourth-order valence-electron chi connectivity index (χ4n) is 3.22. The van der Waals surface area contributed by atoms with Crippen LogP contribution in [0.1, 0.15) is 44.9 Å². The summed E-state index contributed by atoms with van der Waals surface area (Å²) in [6.45, 7) is 4.86. The molecule has 3 aromatic rings. The molecule has 0 atom stereocenters. The van der Waals surface area contributed by atoms with Gasteiger partial charge in [0.15, 0.2) is 0 Å². The van der Waals surface area contributed by atoms with Crippen molar-refractivity contribution in [2.45, 2.75) is 46.0 Å². The highest BCUT2D eigenvalue weighted by molar-refractivity contribution is 7.09. The van der Waals surface area contributed by atoms with E-state index in [9.17, 15) is 9.18 Å². The third kappa shape index (κ3) is 6.82. The van der Waals surface area contributed by atoms with Gasteiger partial charge in [0.05, 0.1) is 6.61 Å². The minimum atomic E-state index is -0.257. The molecule has 0 unspecified atom stereocenters. The molecule has 0 aliphatic carbocycles. The van der Waals surface area contributed by atoms with Crippen molar-refractivity contribution in [1.82, 2.24) is 14.3 Å². The number of carbonyl (C=O) groups excluding carboxylic acids is 1. The van der Waals surface area contributed by atoms with Crippen LogP contribution < -0.4 is 4.90 Å². The van der Waals surface area contributed by atoms with Crippen molar-refractivity contribution in [3.05, 3.63) is 54.2 Å². The molecule has 8 heteroatoms. The highest BCUT2D eigenvalue weighted by Crippen LogP contribution is 2.29. The van der Waals surface area contributed by atoms with E-state index in [4.69, 9.17) is 4.74 Å². The molecule has 0 radical (unpaired) electrons. The van der Waals surface area contributed by atoms with Crippen molar-refractivity contribution in [2.24, 2.45) is 0 Å². The maximum Gasteiger partial charge on any atom is 0.305 e. The van der Waals surface area contributed by atoms with E-state index in [-0.39, 0.29) is 11.8 Å². The van der Waals surface area contributed by atoms with Gasteiger partial charge in [-0.3, -0.25) is 4.79 Å². The summed E-state index contributed by atoms with van der Waals surface area (Å²) in [4.78, 5) is 22.6. The lowest BCUT2D eigenvalue weighted by molar-refractivity contribution is -0.143. The Kier molecular flexibility index (Phi) is 8.46. The van der Waals surface area contributed by atoms with Gasteiger partial charge in [0.25, 0.3) is 0 Å². The number of hydrogen-bond donors (Lipinski definition) is 0. The number of ether oxygens (including phenoxy) is 1. The monoisotopic (exact) mass is 442 g/mol. The van der Waals surface area contributed by atoms with Gasteiger partial charge in [0.1, 0.15) is 17.5 Å². The zero-order chi connectivity index (χ0) is 22.1. The molecule has 0 bridgehead atoms. The summed E-state index contributed by atoms with van der Waals surface area (Å²) < 4.78 is 22.6. The number of anilines is 2. The van der Waals surface area contributed by atoms with E-state index in [0.717, 1.165) is 60.1 Å². The van der Waals surface area contributed by atoms with E-state index in [1.54, 1.807) is 18.3 Å². The lowest BCUT2D eigenvalue weighted by atomic mass is 10.1. The number of unbranched alkanes of at least 4 members (excludes halogenated alkanes) is 3. The predicted octanol–water partition coefficient (Wildman–Crippen LogP) is 5.70. The number of pyridine rings is 1. The molecule has 0 saturated carbocycles. The number of aryl methyl sites for hydroxylation is 1. The Morgan fingerprint density at radius 3 is 2.58 bits per heavy atom. The minimum Gasteiger partial charge on any atom is -0.466 e. The second kappa shape index (κ2) is 11.5. The molecule has 6 nitrogen and oxygen atoms in total. The average molecular weight is 443 g/mol. The normalized spacial score (nSPS) is 10.8. The molecule has 0 N–H and O–H groups in total. The quantitative estimate of drug-likeness (QED) is 0.280. The van der Waals surface area contributed by atoms with Crippen LogP contribution in [0, 0.1) is 12.7 Å². The first-order valence-electron chi connectivity index (χ1n) is 10.5. The Hall–Kier alpha value is -2.87. The third-order valence-corrected chi connectivity index (χ3v) is 5.60. The summed E-state index contributed by atoms with van der Waals surface area (Å²) in [5, 5.41) is 0.799. The summed E-state index contributed by atoms with van der Waals surface area (Å²) in [6, 6.07) is 10.3. The molecule has 1 aromatic carbocycles. The van der Waals surface area contributed by atoms with Crippen LogP contribution >= 0.6 is 11.5 Å². The zero-order valence-corrected chi connectivity index (χ0v) is 18.7. The van der Waals surface area contributed by atoms with Gasteiger partial charge in [-0.25, -0.2) is 14.4 Å². The van der Waals surface area contributed by atoms with Crippen LogP contribution in [0.15, 0.2) is 42.6 Å². The van der Waals surface area contributed by atoms with E-state index < -0.39 is 0 Å². The van der Waals surface area contributed by atoms with Gasteiger partial charge in [-0.05, 0) is 62.1 Å². The molecule has 0 saturated heterocycles. The van der Waals surface area contributed by atoms with E-state index in [0.29, 0.717) is 13.0 Å². The van der Waals surface area contributed by atoms with Crippen LogP contribution in [0.5, 0.6) is 0 Å². The van der Waals surface area contributed by atoms with Crippen molar-refractivity contribution in [3.63, 3.8) is 0 Å². The molecule has 0 amide bonds. The first kappa shape index (κ1) is 22.8. The lowest BCUT2D eigenvalue weighted by Crippen LogP contribution is -2.19. The van der Waals surface area contributed by atoms with Gasteiger partial charge in [-0.2, -0.15) is 4.37 Å². The highest BCUT2D eigenvalue weighted by atomic mass is 32.1. The number of hydrogen-bond acceptors (Lipinski definition) is 7. The third-order valence-electron chi connectivity index (χ3n) is 4.77. The van der Waals surface area contributed by atoms with Crippen molar-refractivity contribution < 1.29 is 13.9 Å². The van der Waals surface area contributed by atoms with Gasteiger partial charge in [0.2, 0.25) is 5.13 Å². The number of carbonyl (C=O) groups is 1. The topological polar surface area (TPSA) is 68.2 Å². The molecule has 0 aliphatic rings. The fourth-order valence-corrected chi connectivity index (χ4v) is 3.93. The summed E-state index contributed by atoms with van der Waals surface area (Å²) in [7, 11) is 0. The lowest BCUT2D eigenvalue weighted by Gasteiger charge is -2.21. The van der Waals surface area contributed by atoms with Crippen LogP contribution in [0.2, 0.25) is 0 Å². The molecule has 2 heterocycles. The first-order valence-corrected chi connectivity index (χ1v) is 11.3. The molecule has 164 valence electrons. The smallest absolute Gasteiger partial charge is 0.305 e. The number of nitrogens with zero attached hydrogens (tertiary/aromatic N) is 4. The summed E-state index contributed by atoms with van der Waals surface area (Å²) in [5.74, 6) is 1.13. The summed E-state index contributed by atoms with van der Waals surface area (Å²) in [5.41, 5.74) is 1.89. The van der Waals surface area contributed by atoms with Gasteiger partial charge in [0, 0.05) is 30.7 Å². The van der Waals surface area contributed by atoms with E-state index >= 15 is 0 Å². The Morgan fingerprint density at radius 1 is 1.10 bits per heavy atom. The van der Waals surface area contributed by atoms with Crippen LogP contribution in [0.25, 0.3) is 11.1 Å². The minimum absolute atomic E-state index is 0.129. The number of esters is 1. The predicted molar refractivity (Wildman–Crippen MR) is 121 cm³/mol. The number of halogens is 1. The van der Waals surface area contributed by atoms with Crippen LogP contribution in [0.4, 0.5) is 15.3 Å². The number of benzene rings is 1. The molecular formula is C23H27FN4O2S. The molecule has 3 rings (SSSR count). The van der Waals surface area contributed by atoms with Gasteiger partial charge in [-0.15, -0.1) is 0 Å². The first-order chi connectivity index (χ1) is 15.1. The molecule has 0 spiro atoms. The molecule has 2 aromatic heterocycles. The summed E-state index contributed by atoms with van der Waals surface area (Å²) >= 11 is 1.35. The van der Waals surface area contributed by atoms with Crippen molar-refractivity contribution in [3.8, 4) is 11.1 Å². The van der Waals surface area contributed by atoms with E-state index in [1.807, 2.05) is 26.0 Å². The van der Waals surface area contributed by atoms with Gasteiger partial charge < -0.3 is 9.64 Å². The highest BCUT2D eigenvalue weighted by Gasteiger charge is 2.16. The molecular weight excluding hydrogens is 415 g/mol. The number of rotatable bonds is 11. The average Bonchev–Trinajstić information content (AvgIpc) is 3.20. The Labute approximate surface area is 186 Å². The van der Waals surface area contributed by atoms with Crippen LogP contribution in [0.3, 0.4) is 0 Å². The molecule has 0 aliphatic heterocycles. The largest absolute Gasteiger partial charge is 0.466 e. The standard InChI is InChI=1S/C23H27FN4O2S/c1-3-30-22(29)8-6-4-5-7-15-28(23-26-17(2)27-31-23)21-16-19(13-14-25-21)18-9-11-20(24)12-10-18/h9-14,16H,3-8,15H2,1-2H3. The Morgan fingerprint density at radius 2 is 1.87 bits per heavy atom. The van der Waals surface area contributed by atoms with Crippen molar-refractivity contribution in [2.75, 3.05) is 18.1 Å².